The van der Waals surface area contributed by atoms with E-state index in [9.17, 15) is 27.2 Å². The van der Waals surface area contributed by atoms with Gasteiger partial charge in [-0.05, 0) is 123 Å². The van der Waals surface area contributed by atoms with E-state index in [1.165, 1.54) is 42.8 Å². The van der Waals surface area contributed by atoms with Crippen molar-refractivity contribution in [2.24, 2.45) is 11.8 Å². The summed E-state index contributed by atoms with van der Waals surface area (Å²) in [6.45, 7) is 10.9. The highest BCUT2D eigenvalue weighted by atomic mass is 79.9. The quantitative estimate of drug-likeness (QED) is 0.0547. The summed E-state index contributed by atoms with van der Waals surface area (Å²) in [5.74, 6) is -12.5. The molecule has 1 saturated heterocycles. The van der Waals surface area contributed by atoms with Gasteiger partial charge in [0.05, 0.1) is 41.0 Å². The van der Waals surface area contributed by atoms with Gasteiger partial charge in [0, 0.05) is 8.95 Å². The Morgan fingerprint density at radius 3 is 1.33 bits per heavy atom. The molecule has 0 atom stereocenters. The van der Waals surface area contributed by atoms with Gasteiger partial charge in [0.25, 0.3) is 0 Å². The number of ether oxygens (including phenoxy) is 2. The molecule has 3 aliphatic rings. The molecular formula is C60H68BBr2F9O6. The molecule has 2 fully saturated rings. The van der Waals surface area contributed by atoms with Crippen LogP contribution < -0.4 is 5.46 Å². The average molecular weight is 1230 g/mol. The van der Waals surface area contributed by atoms with Crippen LogP contribution in [-0.4, -0.2) is 43.0 Å². The van der Waals surface area contributed by atoms with Gasteiger partial charge in [-0.2, -0.15) is 17.6 Å². The predicted octanol–water partition coefficient (Wildman–Crippen LogP) is 16.5. The van der Waals surface area contributed by atoms with Gasteiger partial charge >= 0.3 is 19.0 Å². The third kappa shape index (κ3) is 15.0. The van der Waals surface area contributed by atoms with Crippen LogP contribution in [-0.2, 0) is 53.4 Å². The lowest BCUT2D eigenvalue weighted by Crippen LogP contribution is -2.41. The van der Waals surface area contributed by atoms with E-state index >= 15 is 22.0 Å². The van der Waals surface area contributed by atoms with Crippen molar-refractivity contribution in [3.63, 3.8) is 0 Å². The number of aryl methyl sites for hydroxylation is 5. The SMILES string of the molecule is CCCc1ccc(B(O)O)c(C=O)c1F.CCCc1ccc(Br)c(C2OCCO2)c1F.CCCc1ccc(Br)c(C=O)c1F.CCCc1ccc2c(c1F)C(F)(F)C(F)(F)c1c-2ccc(CCC2CCC(CCC)CC2)c1F. The Kier molecular flexibility index (Phi) is 24.8. The molecule has 1 heterocycles. The molecule has 0 radical (unpaired) electrons. The summed E-state index contributed by atoms with van der Waals surface area (Å²) in [6, 6.07) is 15.1. The van der Waals surface area contributed by atoms with E-state index in [4.69, 9.17) is 19.5 Å². The number of hydrogen-bond donors (Lipinski definition) is 2. The van der Waals surface area contributed by atoms with Crippen molar-refractivity contribution in [3.05, 3.63) is 154 Å². The summed E-state index contributed by atoms with van der Waals surface area (Å²) in [5, 5.41) is 17.8. The van der Waals surface area contributed by atoms with Crippen LogP contribution in [0, 0.1) is 40.9 Å². The lowest BCUT2D eigenvalue weighted by Gasteiger charge is -2.36. The number of carbonyl (C=O) groups is 2. The average Bonchev–Trinajstić information content (AvgIpc) is 4.09. The van der Waals surface area contributed by atoms with Gasteiger partial charge in [-0.3, -0.25) is 9.59 Å². The molecule has 0 spiro atoms. The van der Waals surface area contributed by atoms with Crippen LogP contribution in [0.2, 0.25) is 0 Å². The highest BCUT2D eigenvalue weighted by Gasteiger charge is 2.65. The van der Waals surface area contributed by atoms with Crippen molar-refractivity contribution >= 4 is 57.0 Å². The maximum absolute atomic E-state index is 15.4. The fourth-order valence-corrected chi connectivity index (χ4v) is 11.2. The van der Waals surface area contributed by atoms with E-state index in [-0.39, 0.29) is 57.5 Å². The predicted molar refractivity (Wildman–Crippen MR) is 294 cm³/mol. The van der Waals surface area contributed by atoms with Gasteiger partial charge in [0.15, 0.2) is 18.9 Å². The number of hydrogen-bond acceptors (Lipinski definition) is 6. The van der Waals surface area contributed by atoms with Crippen LogP contribution in [0.25, 0.3) is 11.1 Å². The Bertz CT molecular complexity index is 2820. The highest BCUT2D eigenvalue weighted by Crippen LogP contribution is 2.59. The molecule has 0 amide bonds. The summed E-state index contributed by atoms with van der Waals surface area (Å²) >= 11 is 6.46. The summed E-state index contributed by atoms with van der Waals surface area (Å²) in [6.07, 6.45) is 12.9. The van der Waals surface area contributed by atoms with Gasteiger partial charge in [0.1, 0.15) is 29.1 Å². The first-order valence-electron chi connectivity index (χ1n) is 26.8. The Morgan fingerprint density at radius 2 is 0.897 bits per heavy atom. The molecule has 1 aliphatic heterocycles. The molecule has 0 unspecified atom stereocenters. The molecule has 18 heteroatoms. The van der Waals surface area contributed by atoms with Crippen LogP contribution >= 0.6 is 31.9 Å². The van der Waals surface area contributed by atoms with Gasteiger partial charge in [-0.15, -0.1) is 0 Å². The lowest BCUT2D eigenvalue weighted by atomic mass is 9.76. The topological polar surface area (TPSA) is 93.1 Å². The molecule has 1 saturated carbocycles. The van der Waals surface area contributed by atoms with E-state index < -0.39 is 59.6 Å². The third-order valence-electron chi connectivity index (χ3n) is 14.4. The number of alkyl halides is 4. The van der Waals surface area contributed by atoms with Gasteiger partial charge in [-0.1, -0.05) is 163 Å². The molecule has 5 aromatic carbocycles. The monoisotopic (exact) mass is 1220 g/mol. The van der Waals surface area contributed by atoms with Crippen LogP contribution in [0.1, 0.15) is 177 Å². The molecule has 0 aromatic heterocycles. The second kappa shape index (κ2) is 29.9. The first-order chi connectivity index (χ1) is 37.2. The minimum atomic E-state index is -4.85. The smallest absolute Gasteiger partial charge is 0.423 e. The van der Waals surface area contributed by atoms with Gasteiger partial charge < -0.3 is 19.5 Å². The third-order valence-corrected chi connectivity index (χ3v) is 15.8. The Morgan fingerprint density at radius 1 is 0.513 bits per heavy atom. The first-order valence-corrected chi connectivity index (χ1v) is 28.4. The van der Waals surface area contributed by atoms with E-state index in [0.29, 0.717) is 83.0 Å². The zero-order valence-corrected chi connectivity index (χ0v) is 47.8. The van der Waals surface area contributed by atoms with Crippen molar-refractivity contribution in [1.29, 1.82) is 0 Å². The lowest BCUT2D eigenvalue weighted by molar-refractivity contribution is -0.227. The number of aldehydes is 2. The zero-order valence-electron chi connectivity index (χ0n) is 44.7. The Hall–Kier alpha value is -4.33. The number of halogens is 11. The van der Waals surface area contributed by atoms with E-state index in [2.05, 4.69) is 38.8 Å². The molecule has 5 aromatic rings. The first kappa shape index (κ1) is 64.5. The second-order valence-corrected chi connectivity index (χ2v) is 21.6. The Balaban J connectivity index is 0.000000212. The fourth-order valence-electron chi connectivity index (χ4n) is 10.3. The number of carbonyl (C=O) groups excluding carboxylic acids is 2. The maximum Gasteiger partial charge on any atom is 0.489 e. The van der Waals surface area contributed by atoms with Gasteiger partial charge in [0.2, 0.25) is 0 Å². The minimum Gasteiger partial charge on any atom is -0.423 e. The van der Waals surface area contributed by atoms with Crippen LogP contribution in [0.3, 0.4) is 0 Å². The molecule has 424 valence electrons. The van der Waals surface area contributed by atoms with Crippen molar-refractivity contribution in [2.75, 3.05) is 13.2 Å². The summed E-state index contributed by atoms with van der Waals surface area (Å²) in [5.41, 5.74) is -1.37. The molecule has 2 N–H and O–H groups in total. The molecular weight excluding hydrogens is 1160 g/mol. The molecule has 78 heavy (non-hydrogen) atoms. The van der Waals surface area contributed by atoms with E-state index in [1.54, 1.807) is 25.1 Å². The number of fused-ring (bicyclic) bond motifs is 3. The summed E-state index contributed by atoms with van der Waals surface area (Å²) < 4.78 is 144. The van der Waals surface area contributed by atoms with E-state index in [1.807, 2.05) is 26.8 Å². The van der Waals surface area contributed by atoms with Crippen molar-refractivity contribution < 1.29 is 68.6 Å². The largest absolute Gasteiger partial charge is 0.489 e. The highest BCUT2D eigenvalue weighted by molar-refractivity contribution is 9.10. The molecule has 6 nitrogen and oxygen atoms in total. The Labute approximate surface area is 469 Å². The summed E-state index contributed by atoms with van der Waals surface area (Å²) in [7, 11) is -1.82. The molecule has 0 bridgehead atoms. The molecule has 8 rings (SSSR count). The zero-order chi connectivity index (χ0) is 57.5. The number of benzene rings is 5. The number of rotatable bonds is 17. The van der Waals surface area contributed by atoms with Gasteiger partial charge in [-0.25, -0.2) is 22.0 Å². The standard InChI is InChI=1S/C28H32F6.C12H14BrFO2.C10H12BFO3.C10H10BrFO/c1-3-5-17-7-9-18(10-8-17)11-12-20-14-16-22-21-15-13-19(6-4-2)25(29)23(21)27(31,32)28(33,34)24(22)26(20)30;1-2-3-8-4-5-9(13)10(11(8)14)12-15-6-7-16-12;1-2-3-7-4-5-9(11(14)15)8(6-13)10(7)12;1-2-3-7-4-5-9(11)8(6-13)10(7)12/h13-18H,3-12H2,1-2H3;4-5,12H,2-3,6-7H2,1H3;4-6,14-15H,2-3H2,1H3;4-6H,2-3H2,1H3. The normalized spacial score (nSPS) is 17.1. The summed E-state index contributed by atoms with van der Waals surface area (Å²) in [4.78, 5) is 21.2. The van der Waals surface area contributed by atoms with Crippen molar-refractivity contribution in [1.82, 2.24) is 0 Å². The van der Waals surface area contributed by atoms with Crippen LogP contribution in [0.15, 0.2) is 69.6 Å². The maximum atomic E-state index is 15.4. The second-order valence-electron chi connectivity index (χ2n) is 19.9. The van der Waals surface area contributed by atoms with Crippen LogP contribution in [0.4, 0.5) is 39.5 Å². The minimum absolute atomic E-state index is 0.0245. The van der Waals surface area contributed by atoms with Crippen LogP contribution in [0.5, 0.6) is 0 Å². The van der Waals surface area contributed by atoms with Crippen molar-refractivity contribution in [2.45, 2.75) is 155 Å². The fraction of sp³-hybridized carbons (Fsp3) is 0.467. The van der Waals surface area contributed by atoms with Crippen molar-refractivity contribution in [3.8, 4) is 11.1 Å². The molecule has 2 aliphatic carbocycles. The van der Waals surface area contributed by atoms with E-state index in [0.717, 1.165) is 69.3 Å².